The molecule has 0 bridgehead atoms. The first-order valence-electron chi connectivity index (χ1n) is 8.49. The van der Waals surface area contributed by atoms with Gasteiger partial charge in [-0.15, -0.1) is 0 Å². The number of hydrogen-bond donors (Lipinski definition) is 1. The third-order valence-corrected chi connectivity index (χ3v) is 4.25. The molecule has 122 valence electrons. The van der Waals surface area contributed by atoms with Gasteiger partial charge in [0.15, 0.2) is 5.96 Å². The zero-order valence-corrected chi connectivity index (χ0v) is 14.0. The summed E-state index contributed by atoms with van der Waals surface area (Å²) < 4.78 is 0. The first-order valence-corrected chi connectivity index (χ1v) is 8.49. The monoisotopic (exact) mass is 303 g/mol. The van der Waals surface area contributed by atoms with E-state index in [-0.39, 0.29) is 0 Å². The Bertz CT molecular complexity index is 456. The van der Waals surface area contributed by atoms with Crippen molar-refractivity contribution in [2.75, 3.05) is 31.1 Å². The summed E-state index contributed by atoms with van der Waals surface area (Å²) in [5.74, 6) is 1.70. The lowest BCUT2D eigenvalue weighted by Crippen LogP contribution is -2.38. The summed E-state index contributed by atoms with van der Waals surface area (Å²) in [5, 5.41) is 0. The molecular formula is C17H29N5. The fourth-order valence-electron chi connectivity index (χ4n) is 2.82. The van der Waals surface area contributed by atoms with E-state index in [0.717, 1.165) is 37.6 Å². The zero-order valence-electron chi connectivity index (χ0n) is 14.0. The third-order valence-electron chi connectivity index (χ3n) is 4.25. The van der Waals surface area contributed by atoms with Crippen molar-refractivity contribution in [3.05, 3.63) is 23.9 Å². The molecule has 0 saturated carbocycles. The summed E-state index contributed by atoms with van der Waals surface area (Å²) in [6.45, 7) is 8.92. The average molecular weight is 303 g/mol. The fourth-order valence-corrected chi connectivity index (χ4v) is 2.82. The van der Waals surface area contributed by atoms with Gasteiger partial charge in [0.1, 0.15) is 5.82 Å². The number of likely N-dealkylation sites (tertiary alicyclic amines) is 1. The van der Waals surface area contributed by atoms with Crippen LogP contribution in [0.4, 0.5) is 5.82 Å². The van der Waals surface area contributed by atoms with Crippen molar-refractivity contribution in [1.29, 1.82) is 0 Å². The SMILES string of the molecule is CCN(CC)c1ccc(CN=C(N)N2CCCCCC2)cn1. The first kappa shape index (κ1) is 16.6. The van der Waals surface area contributed by atoms with E-state index in [1.54, 1.807) is 0 Å². The van der Waals surface area contributed by atoms with Crippen LogP contribution in [0.3, 0.4) is 0 Å². The maximum atomic E-state index is 6.13. The van der Waals surface area contributed by atoms with Crippen molar-refractivity contribution in [3.8, 4) is 0 Å². The van der Waals surface area contributed by atoms with Crippen molar-refractivity contribution in [2.45, 2.75) is 46.1 Å². The van der Waals surface area contributed by atoms with Crippen molar-refractivity contribution in [1.82, 2.24) is 9.88 Å². The second-order valence-electron chi connectivity index (χ2n) is 5.77. The molecular weight excluding hydrogens is 274 g/mol. The smallest absolute Gasteiger partial charge is 0.191 e. The van der Waals surface area contributed by atoms with Crippen LogP contribution in [0.25, 0.3) is 0 Å². The molecule has 0 radical (unpaired) electrons. The molecule has 1 aromatic heterocycles. The Labute approximate surface area is 134 Å². The fraction of sp³-hybridized carbons (Fsp3) is 0.647. The summed E-state index contributed by atoms with van der Waals surface area (Å²) >= 11 is 0. The minimum absolute atomic E-state index is 0.605. The van der Waals surface area contributed by atoms with E-state index < -0.39 is 0 Å². The summed E-state index contributed by atoms with van der Waals surface area (Å²) in [5.41, 5.74) is 7.24. The van der Waals surface area contributed by atoms with E-state index in [2.05, 4.69) is 45.8 Å². The predicted molar refractivity (Wildman–Crippen MR) is 93.2 cm³/mol. The Hall–Kier alpha value is -1.78. The molecule has 2 rings (SSSR count). The molecule has 1 aliphatic rings. The van der Waals surface area contributed by atoms with Crippen LogP contribution in [0.5, 0.6) is 0 Å². The van der Waals surface area contributed by atoms with Crippen molar-refractivity contribution >= 4 is 11.8 Å². The minimum Gasteiger partial charge on any atom is -0.370 e. The Balaban J connectivity index is 1.93. The Kier molecular flexibility index (Phi) is 6.49. The van der Waals surface area contributed by atoms with Crippen LogP contribution in [0.1, 0.15) is 45.1 Å². The molecule has 2 N–H and O–H groups in total. The number of nitrogens with zero attached hydrogens (tertiary/aromatic N) is 4. The van der Waals surface area contributed by atoms with Crippen LogP contribution in [0.2, 0.25) is 0 Å². The Morgan fingerprint density at radius 1 is 1.18 bits per heavy atom. The van der Waals surface area contributed by atoms with Crippen LogP contribution in [0.15, 0.2) is 23.3 Å². The van der Waals surface area contributed by atoms with Gasteiger partial charge in [0.2, 0.25) is 0 Å². The number of guanidine groups is 1. The number of anilines is 1. The summed E-state index contributed by atoms with van der Waals surface area (Å²) in [6.07, 6.45) is 6.96. The maximum absolute atomic E-state index is 6.13. The van der Waals surface area contributed by atoms with Crippen molar-refractivity contribution < 1.29 is 0 Å². The lowest BCUT2D eigenvalue weighted by Gasteiger charge is -2.21. The Morgan fingerprint density at radius 2 is 1.86 bits per heavy atom. The highest BCUT2D eigenvalue weighted by Crippen LogP contribution is 2.12. The van der Waals surface area contributed by atoms with E-state index in [4.69, 9.17) is 5.73 Å². The van der Waals surface area contributed by atoms with Crippen LogP contribution < -0.4 is 10.6 Å². The minimum atomic E-state index is 0.605. The van der Waals surface area contributed by atoms with Gasteiger partial charge >= 0.3 is 0 Å². The first-order chi connectivity index (χ1) is 10.7. The van der Waals surface area contributed by atoms with Gasteiger partial charge in [-0.2, -0.15) is 0 Å². The quantitative estimate of drug-likeness (QED) is 0.671. The van der Waals surface area contributed by atoms with Crippen LogP contribution in [0, 0.1) is 0 Å². The molecule has 1 aromatic rings. The van der Waals surface area contributed by atoms with Crippen molar-refractivity contribution in [2.24, 2.45) is 10.7 Å². The molecule has 0 aliphatic carbocycles. The molecule has 0 atom stereocenters. The summed E-state index contributed by atoms with van der Waals surface area (Å²) in [6, 6.07) is 4.17. The summed E-state index contributed by atoms with van der Waals surface area (Å²) in [7, 11) is 0. The van der Waals surface area contributed by atoms with E-state index in [0.29, 0.717) is 12.5 Å². The molecule has 0 unspecified atom stereocenters. The summed E-state index contributed by atoms with van der Waals surface area (Å²) in [4.78, 5) is 13.5. The molecule has 0 aromatic carbocycles. The number of rotatable bonds is 5. The number of nitrogens with two attached hydrogens (primary N) is 1. The molecule has 0 spiro atoms. The van der Waals surface area contributed by atoms with Gasteiger partial charge in [-0.3, -0.25) is 0 Å². The van der Waals surface area contributed by atoms with Crippen LogP contribution in [-0.4, -0.2) is 42.0 Å². The van der Waals surface area contributed by atoms with Gasteiger partial charge in [-0.25, -0.2) is 9.98 Å². The molecule has 1 saturated heterocycles. The molecule has 5 nitrogen and oxygen atoms in total. The number of aliphatic imine (C=N–C) groups is 1. The molecule has 1 aliphatic heterocycles. The maximum Gasteiger partial charge on any atom is 0.191 e. The van der Waals surface area contributed by atoms with E-state index >= 15 is 0 Å². The van der Waals surface area contributed by atoms with Gasteiger partial charge in [-0.05, 0) is 38.3 Å². The van der Waals surface area contributed by atoms with Gasteiger partial charge in [0.25, 0.3) is 0 Å². The van der Waals surface area contributed by atoms with Gasteiger partial charge < -0.3 is 15.5 Å². The lowest BCUT2D eigenvalue weighted by molar-refractivity contribution is 0.428. The van der Waals surface area contributed by atoms with E-state index in [9.17, 15) is 0 Å². The number of aromatic nitrogens is 1. The number of pyridine rings is 1. The van der Waals surface area contributed by atoms with E-state index in [1.807, 2.05) is 6.20 Å². The molecule has 22 heavy (non-hydrogen) atoms. The normalized spacial score (nSPS) is 16.5. The number of hydrogen-bond acceptors (Lipinski definition) is 3. The predicted octanol–water partition coefficient (Wildman–Crippen LogP) is 2.62. The van der Waals surface area contributed by atoms with E-state index in [1.165, 1.54) is 25.7 Å². The lowest BCUT2D eigenvalue weighted by atomic mass is 10.2. The highest BCUT2D eigenvalue weighted by Gasteiger charge is 2.10. The Morgan fingerprint density at radius 3 is 2.41 bits per heavy atom. The molecule has 2 heterocycles. The molecule has 0 amide bonds. The van der Waals surface area contributed by atoms with Gasteiger partial charge in [0.05, 0.1) is 6.54 Å². The topological polar surface area (TPSA) is 57.8 Å². The molecule has 1 fully saturated rings. The van der Waals surface area contributed by atoms with Gasteiger partial charge in [0, 0.05) is 32.4 Å². The highest BCUT2D eigenvalue weighted by atomic mass is 15.2. The van der Waals surface area contributed by atoms with Gasteiger partial charge in [-0.1, -0.05) is 18.9 Å². The highest BCUT2D eigenvalue weighted by molar-refractivity contribution is 5.78. The second-order valence-corrected chi connectivity index (χ2v) is 5.77. The standard InChI is InChI=1S/C17H29N5/c1-3-21(4-2)16-10-9-15(13-19-16)14-20-17(18)22-11-7-5-6-8-12-22/h9-10,13H,3-8,11-12,14H2,1-2H3,(H2,18,20). The largest absolute Gasteiger partial charge is 0.370 e. The average Bonchev–Trinajstić information content (AvgIpc) is 2.84. The zero-order chi connectivity index (χ0) is 15.8. The van der Waals surface area contributed by atoms with Crippen molar-refractivity contribution in [3.63, 3.8) is 0 Å². The third kappa shape index (κ3) is 4.61. The molecule has 5 heteroatoms. The van der Waals surface area contributed by atoms with Crippen LogP contribution >= 0.6 is 0 Å². The van der Waals surface area contributed by atoms with Crippen LogP contribution in [-0.2, 0) is 6.54 Å². The second kappa shape index (κ2) is 8.61.